The summed E-state index contributed by atoms with van der Waals surface area (Å²) in [6.45, 7) is -0.403. The van der Waals surface area contributed by atoms with Crippen LogP contribution in [0.5, 0.6) is 0 Å². The van der Waals surface area contributed by atoms with Crippen LogP contribution in [-0.4, -0.2) is 36.8 Å². The van der Waals surface area contributed by atoms with Gasteiger partial charge in [-0.3, -0.25) is 4.79 Å². The molecule has 0 aliphatic heterocycles. The molecule has 0 aliphatic carbocycles. The molecule has 1 aromatic rings. The first-order valence-electron chi connectivity index (χ1n) is 3.72. The minimum absolute atomic E-state index is 0.403. The van der Waals surface area contributed by atoms with E-state index in [1.165, 1.54) is 0 Å². The Hall–Kier alpha value is -2.45. The summed E-state index contributed by atoms with van der Waals surface area (Å²) in [6, 6.07) is 0. The van der Waals surface area contributed by atoms with E-state index in [4.69, 9.17) is 10.8 Å². The standard InChI is InChI=1S/C6H7N5O4/c7-4(12)3-11-6(15)10(8-9-11)2-1-5(13)14/h1-2H,3H2,(H2,7,12)(H,13,14). The van der Waals surface area contributed by atoms with E-state index in [9.17, 15) is 14.4 Å². The summed E-state index contributed by atoms with van der Waals surface area (Å²) in [5, 5.41) is 14.9. The molecule has 1 amide bonds. The van der Waals surface area contributed by atoms with Crippen LogP contribution in [0.15, 0.2) is 10.9 Å². The van der Waals surface area contributed by atoms with Crippen LogP contribution in [0.4, 0.5) is 0 Å². The number of hydrogen-bond donors (Lipinski definition) is 2. The fourth-order valence-corrected chi connectivity index (χ4v) is 0.761. The van der Waals surface area contributed by atoms with Gasteiger partial charge in [-0.05, 0) is 10.4 Å². The van der Waals surface area contributed by atoms with Crippen LogP contribution in [0.25, 0.3) is 6.20 Å². The van der Waals surface area contributed by atoms with Crippen molar-refractivity contribution in [1.82, 2.24) is 19.8 Å². The van der Waals surface area contributed by atoms with E-state index < -0.39 is 24.1 Å². The zero-order chi connectivity index (χ0) is 11.4. The van der Waals surface area contributed by atoms with Crippen molar-refractivity contribution < 1.29 is 14.7 Å². The highest BCUT2D eigenvalue weighted by Gasteiger charge is 2.06. The number of carboxylic acids is 1. The lowest BCUT2D eigenvalue weighted by Crippen LogP contribution is -2.29. The minimum atomic E-state index is -1.23. The number of aliphatic carboxylic acids is 1. The van der Waals surface area contributed by atoms with Crippen molar-refractivity contribution in [2.45, 2.75) is 6.54 Å². The van der Waals surface area contributed by atoms with Crippen LogP contribution in [0.3, 0.4) is 0 Å². The largest absolute Gasteiger partial charge is 0.478 e. The van der Waals surface area contributed by atoms with Crippen molar-refractivity contribution in [2.75, 3.05) is 0 Å². The lowest BCUT2D eigenvalue weighted by molar-refractivity contribution is -0.131. The Balaban J connectivity index is 2.94. The van der Waals surface area contributed by atoms with Gasteiger partial charge in [-0.1, -0.05) is 0 Å². The smallest absolute Gasteiger partial charge is 0.368 e. The Labute approximate surface area is 82.4 Å². The predicted molar refractivity (Wildman–Crippen MR) is 46.4 cm³/mol. The second-order valence-electron chi connectivity index (χ2n) is 2.48. The molecule has 1 aromatic heterocycles. The number of nitrogens with zero attached hydrogens (tertiary/aromatic N) is 4. The van der Waals surface area contributed by atoms with Gasteiger partial charge in [0.2, 0.25) is 5.91 Å². The molecule has 0 saturated heterocycles. The molecule has 0 aromatic carbocycles. The van der Waals surface area contributed by atoms with Gasteiger partial charge in [0.15, 0.2) is 0 Å². The number of aromatic nitrogens is 4. The van der Waals surface area contributed by atoms with Crippen molar-refractivity contribution in [3.05, 3.63) is 16.6 Å². The van der Waals surface area contributed by atoms with Crippen molar-refractivity contribution in [3.63, 3.8) is 0 Å². The first kappa shape index (κ1) is 10.6. The van der Waals surface area contributed by atoms with Crippen LogP contribution in [0.1, 0.15) is 0 Å². The van der Waals surface area contributed by atoms with E-state index in [0.717, 1.165) is 6.20 Å². The Kier molecular flexibility index (Phi) is 2.96. The van der Waals surface area contributed by atoms with Crippen LogP contribution in [-0.2, 0) is 16.1 Å². The molecule has 0 aliphatic rings. The number of rotatable bonds is 4. The van der Waals surface area contributed by atoms with Gasteiger partial charge in [0.25, 0.3) is 0 Å². The fraction of sp³-hybridized carbons (Fsp3) is 0.167. The van der Waals surface area contributed by atoms with Gasteiger partial charge in [-0.15, -0.1) is 0 Å². The number of hydrogen-bond acceptors (Lipinski definition) is 5. The average molecular weight is 213 g/mol. The average Bonchev–Trinajstić information content (AvgIpc) is 2.44. The predicted octanol–water partition coefficient (Wildman–Crippen LogP) is -2.52. The van der Waals surface area contributed by atoms with E-state index in [1.54, 1.807) is 0 Å². The van der Waals surface area contributed by atoms with Crippen molar-refractivity contribution in [1.29, 1.82) is 0 Å². The molecule has 9 heteroatoms. The Morgan fingerprint density at radius 1 is 1.47 bits per heavy atom. The molecule has 0 unspecified atom stereocenters. The highest BCUT2D eigenvalue weighted by molar-refractivity contribution is 5.82. The lowest BCUT2D eigenvalue weighted by atomic mass is 10.6. The maximum absolute atomic E-state index is 11.3. The summed E-state index contributed by atoms with van der Waals surface area (Å²) in [7, 11) is 0. The van der Waals surface area contributed by atoms with Crippen molar-refractivity contribution >= 4 is 18.1 Å². The Bertz CT molecular complexity index is 470. The summed E-state index contributed by atoms with van der Waals surface area (Å²) in [6.07, 6.45) is 1.62. The maximum atomic E-state index is 11.3. The van der Waals surface area contributed by atoms with Gasteiger partial charge in [-0.2, -0.15) is 9.36 Å². The van der Waals surface area contributed by atoms with Crippen LogP contribution in [0.2, 0.25) is 0 Å². The Morgan fingerprint density at radius 3 is 2.67 bits per heavy atom. The van der Waals surface area contributed by atoms with Crippen molar-refractivity contribution in [2.24, 2.45) is 5.73 Å². The first-order valence-corrected chi connectivity index (χ1v) is 3.72. The van der Waals surface area contributed by atoms with E-state index in [0.29, 0.717) is 15.4 Å². The lowest BCUT2D eigenvalue weighted by Gasteiger charge is -1.90. The molecule has 1 heterocycles. The zero-order valence-corrected chi connectivity index (χ0v) is 7.40. The Morgan fingerprint density at radius 2 is 2.13 bits per heavy atom. The number of nitrogens with two attached hydrogens (primary N) is 1. The number of carboxylic acid groups (broad SMARTS) is 1. The van der Waals surface area contributed by atoms with Gasteiger partial charge in [0.05, 0.1) is 0 Å². The summed E-state index contributed by atoms with van der Waals surface area (Å²) >= 11 is 0. The third kappa shape index (κ3) is 2.76. The van der Waals surface area contributed by atoms with E-state index in [1.807, 2.05) is 0 Å². The quantitative estimate of drug-likeness (QED) is 0.530. The first-order chi connectivity index (χ1) is 7.00. The van der Waals surface area contributed by atoms with Gasteiger partial charge in [0, 0.05) is 12.3 Å². The summed E-state index contributed by atoms with van der Waals surface area (Å²) in [5.41, 5.74) is 4.09. The van der Waals surface area contributed by atoms with E-state index >= 15 is 0 Å². The molecule has 0 saturated carbocycles. The zero-order valence-electron chi connectivity index (χ0n) is 7.40. The third-order valence-electron chi connectivity index (χ3n) is 1.33. The SMILES string of the molecule is NC(=O)Cn1nnn(C=CC(=O)O)c1=O. The molecule has 1 rings (SSSR count). The fourth-order valence-electron chi connectivity index (χ4n) is 0.761. The van der Waals surface area contributed by atoms with Gasteiger partial charge in [0.1, 0.15) is 6.54 Å². The monoisotopic (exact) mass is 213 g/mol. The summed E-state index contributed by atoms with van der Waals surface area (Å²) < 4.78 is 1.39. The number of carbonyl (C=O) groups excluding carboxylic acids is 1. The number of amides is 1. The molecule has 80 valence electrons. The molecule has 0 bridgehead atoms. The van der Waals surface area contributed by atoms with Crippen LogP contribution < -0.4 is 11.4 Å². The molecular weight excluding hydrogens is 206 g/mol. The van der Waals surface area contributed by atoms with E-state index in [2.05, 4.69) is 10.4 Å². The molecule has 9 nitrogen and oxygen atoms in total. The topological polar surface area (TPSA) is 133 Å². The summed E-state index contributed by atoms with van der Waals surface area (Å²) in [4.78, 5) is 31.9. The number of tetrazole rings is 1. The molecule has 15 heavy (non-hydrogen) atoms. The second-order valence-corrected chi connectivity index (χ2v) is 2.48. The molecule has 0 radical (unpaired) electrons. The number of carbonyl (C=O) groups is 2. The second kappa shape index (κ2) is 4.17. The van der Waals surface area contributed by atoms with Gasteiger partial charge < -0.3 is 10.8 Å². The van der Waals surface area contributed by atoms with Crippen LogP contribution in [0, 0.1) is 0 Å². The van der Waals surface area contributed by atoms with E-state index in [-0.39, 0.29) is 0 Å². The molecule has 0 atom stereocenters. The summed E-state index contributed by atoms with van der Waals surface area (Å²) in [5.74, 6) is -1.97. The highest BCUT2D eigenvalue weighted by Crippen LogP contribution is 1.78. The van der Waals surface area contributed by atoms with Crippen LogP contribution >= 0.6 is 0 Å². The third-order valence-corrected chi connectivity index (χ3v) is 1.33. The minimum Gasteiger partial charge on any atom is -0.478 e. The normalized spacial score (nSPS) is 10.7. The molecule has 0 spiro atoms. The molecule has 0 fully saturated rings. The van der Waals surface area contributed by atoms with Gasteiger partial charge >= 0.3 is 11.7 Å². The maximum Gasteiger partial charge on any atom is 0.368 e. The van der Waals surface area contributed by atoms with Gasteiger partial charge in [-0.25, -0.2) is 9.59 Å². The van der Waals surface area contributed by atoms with Crippen molar-refractivity contribution in [3.8, 4) is 0 Å². The molecule has 3 N–H and O–H groups in total. The number of primary amides is 1. The highest BCUT2D eigenvalue weighted by atomic mass is 16.4. The molecular formula is C6H7N5O4.